The Hall–Kier alpha value is -1.31. The van der Waals surface area contributed by atoms with Crippen LogP contribution < -0.4 is 9.62 Å². The molecule has 1 aliphatic rings. The van der Waals surface area contributed by atoms with Gasteiger partial charge in [0.25, 0.3) is 10.0 Å². The van der Waals surface area contributed by atoms with Gasteiger partial charge in [-0.05, 0) is 49.9 Å². The van der Waals surface area contributed by atoms with Gasteiger partial charge in [0.2, 0.25) is 0 Å². The molecule has 1 unspecified atom stereocenters. The van der Waals surface area contributed by atoms with E-state index in [0.717, 1.165) is 30.0 Å². The number of anilines is 2. The lowest BCUT2D eigenvalue weighted by atomic mass is 9.99. The molecule has 1 N–H and O–H groups in total. The highest BCUT2D eigenvalue weighted by Gasteiger charge is 2.22. The van der Waals surface area contributed by atoms with E-state index in [0.29, 0.717) is 16.2 Å². The third kappa shape index (κ3) is 3.84. The summed E-state index contributed by atoms with van der Waals surface area (Å²) in [7, 11) is -3.64. The van der Waals surface area contributed by atoms with Crippen LogP contribution in [0.1, 0.15) is 32.6 Å². The lowest BCUT2D eigenvalue weighted by Gasteiger charge is -2.37. The molecule has 8 heteroatoms. The van der Waals surface area contributed by atoms with Crippen LogP contribution in [-0.2, 0) is 10.0 Å². The molecule has 3 rings (SSSR count). The van der Waals surface area contributed by atoms with Gasteiger partial charge in [-0.2, -0.15) is 0 Å². The van der Waals surface area contributed by atoms with Crippen molar-refractivity contribution in [1.82, 2.24) is 4.98 Å². The highest BCUT2D eigenvalue weighted by Crippen LogP contribution is 2.29. The third-order valence-electron chi connectivity index (χ3n) is 4.23. The molecule has 5 nitrogen and oxygen atoms in total. The van der Waals surface area contributed by atoms with Crippen molar-refractivity contribution in [2.45, 2.75) is 42.9 Å². The second-order valence-corrected chi connectivity index (χ2v) is 9.44. The Kier molecular flexibility index (Phi) is 5.32. The number of sulfonamides is 1. The highest BCUT2D eigenvalue weighted by atomic mass is 35.5. The summed E-state index contributed by atoms with van der Waals surface area (Å²) >= 11 is 6.83. The molecule has 0 spiro atoms. The van der Waals surface area contributed by atoms with Crippen LogP contribution in [0.15, 0.2) is 34.7 Å². The summed E-state index contributed by atoms with van der Waals surface area (Å²) in [4.78, 5) is 6.65. The standard InChI is InChI=1S/C16H20ClN3O2S2/c1-2-12-5-3-4-10-20(12)13-6-8-15(18-11-13)19-24(21,22)16-9-7-14(17)23-16/h6-9,11-12H,2-5,10H2,1H3,(H,18,19). The van der Waals surface area contributed by atoms with Crippen LogP contribution in [0.4, 0.5) is 11.5 Å². The molecule has 3 heterocycles. The van der Waals surface area contributed by atoms with E-state index >= 15 is 0 Å². The van der Waals surface area contributed by atoms with E-state index in [1.165, 1.54) is 25.3 Å². The van der Waals surface area contributed by atoms with Crippen molar-refractivity contribution in [2.24, 2.45) is 0 Å². The smallest absolute Gasteiger partial charge is 0.272 e. The predicted octanol–water partition coefficient (Wildman–Crippen LogP) is 4.37. The van der Waals surface area contributed by atoms with Crippen molar-refractivity contribution in [3.8, 4) is 0 Å². The van der Waals surface area contributed by atoms with Gasteiger partial charge in [0.1, 0.15) is 10.0 Å². The van der Waals surface area contributed by atoms with Crippen LogP contribution in [0, 0.1) is 0 Å². The van der Waals surface area contributed by atoms with Crippen molar-refractivity contribution < 1.29 is 8.42 Å². The number of hydrogen-bond acceptors (Lipinski definition) is 5. The lowest BCUT2D eigenvalue weighted by molar-refractivity contribution is 0.449. The van der Waals surface area contributed by atoms with Crippen molar-refractivity contribution >= 4 is 44.5 Å². The Morgan fingerprint density at radius 2 is 2.17 bits per heavy atom. The van der Waals surface area contributed by atoms with E-state index in [-0.39, 0.29) is 4.21 Å². The zero-order chi connectivity index (χ0) is 17.2. The van der Waals surface area contributed by atoms with E-state index in [4.69, 9.17) is 11.6 Å². The first-order chi connectivity index (χ1) is 11.5. The highest BCUT2D eigenvalue weighted by molar-refractivity contribution is 7.94. The zero-order valence-electron chi connectivity index (χ0n) is 13.4. The molecular weight excluding hydrogens is 366 g/mol. The summed E-state index contributed by atoms with van der Waals surface area (Å²) in [6.45, 7) is 3.23. The van der Waals surface area contributed by atoms with Gasteiger partial charge in [-0.1, -0.05) is 18.5 Å². The van der Waals surface area contributed by atoms with Crippen LogP contribution >= 0.6 is 22.9 Å². The first-order valence-corrected chi connectivity index (χ1v) is 10.7. The SMILES string of the molecule is CCC1CCCCN1c1ccc(NS(=O)(=O)c2ccc(Cl)s2)nc1. The van der Waals surface area contributed by atoms with Crippen molar-refractivity contribution in [3.05, 3.63) is 34.8 Å². The van der Waals surface area contributed by atoms with E-state index < -0.39 is 10.0 Å². The first-order valence-electron chi connectivity index (χ1n) is 8.00. The van der Waals surface area contributed by atoms with Gasteiger partial charge >= 0.3 is 0 Å². The molecule has 0 aliphatic carbocycles. The number of rotatable bonds is 5. The minimum atomic E-state index is -3.64. The number of halogens is 1. The molecule has 2 aromatic heterocycles. The Labute approximate surface area is 151 Å². The molecule has 24 heavy (non-hydrogen) atoms. The number of aromatic nitrogens is 1. The van der Waals surface area contributed by atoms with Gasteiger partial charge in [-0.25, -0.2) is 13.4 Å². The molecular formula is C16H20ClN3O2S2. The zero-order valence-corrected chi connectivity index (χ0v) is 15.8. The molecule has 130 valence electrons. The second kappa shape index (κ2) is 7.29. The summed E-state index contributed by atoms with van der Waals surface area (Å²) in [6, 6.07) is 7.24. The Balaban J connectivity index is 1.75. The maximum absolute atomic E-state index is 12.3. The van der Waals surface area contributed by atoms with Crippen LogP contribution in [-0.4, -0.2) is 26.0 Å². The average molecular weight is 386 g/mol. The van der Waals surface area contributed by atoms with Crippen LogP contribution in [0.3, 0.4) is 0 Å². The summed E-state index contributed by atoms with van der Waals surface area (Å²) in [6.07, 6.45) is 6.50. The van der Waals surface area contributed by atoms with Crippen molar-refractivity contribution in [1.29, 1.82) is 0 Å². The van der Waals surface area contributed by atoms with Crippen LogP contribution in [0.2, 0.25) is 4.34 Å². The second-order valence-electron chi connectivity index (χ2n) is 5.82. The van der Waals surface area contributed by atoms with Crippen LogP contribution in [0.25, 0.3) is 0 Å². The normalized spacial score (nSPS) is 18.6. The first kappa shape index (κ1) is 17.5. The van der Waals surface area contributed by atoms with E-state index in [9.17, 15) is 8.42 Å². The monoisotopic (exact) mass is 385 g/mol. The van der Waals surface area contributed by atoms with E-state index in [1.807, 2.05) is 6.07 Å². The number of piperidine rings is 1. The molecule has 0 radical (unpaired) electrons. The van der Waals surface area contributed by atoms with Gasteiger partial charge in [0.05, 0.1) is 16.2 Å². The Bertz CT molecular complexity index is 790. The fourth-order valence-corrected chi connectivity index (χ4v) is 5.50. The molecule has 1 saturated heterocycles. The summed E-state index contributed by atoms with van der Waals surface area (Å²) in [5.74, 6) is 0.313. The Morgan fingerprint density at radius 1 is 1.33 bits per heavy atom. The van der Waals surface area contributed by atoms with Gasteiger partial charge in [0.15, 0.2) is 0 Å². The van der Waals surface area contributed by atoms with Gasteiger partial charge in [0, 0.05) is 12.6 Å². The molecule has 0 saturated carbocycles. The minimum Gasteiger partial charge on any atom is -0.367 e. The van der Waals surface area contributed by atoms with Crippen molar-refractivity contribution in [3.63, 3.8) is 0 Å². The third-order valence-corrected chi connectivity index (χ3v) is 7.31. The molecule has 1 fully saturated rings. The van der Waals surface area contributed by atoms with E-state index in [2.05, 4.69) is 21.5 Å². The number of hydrogen-bond donors (Lipinski definition) is 1. The van der Waals surface area contributed by atoms with Crippen molar-refractivity contribution in [2.75, 3.05) is 16.2 Å². The fraction of sp³-hybridized carbons (Fsp3) is 0.438. The largest absolute Gasteiger partial charge is 0.367 e. The predicted molar refractivity (Wildman–Crippen MR) is 99.7 cm³/mol. The molecule has 2 aromatic rings. The molecule has 1 aliphatic heterocycles. The maximum Gasteiger partial charge on any atom is 0.272 e. The lowest BCUT2D eigenvalue weighted by Crippen LogP contribution is -2.39. The molecule has 0 aromatic carbocycles. The van der Waals surface area contributed by atoms with Gasteiger partial charge < -0.3 is 4.90 Å². The quantitative estimate of drug-likeness (QED) is 0.830. The topological polar surface area (TPSA) is 62.3 Å². The van der Waals surface area contributed by atoms with Crippen LogP contribution in [0.5, 0.6) is 0 Å². The summed E-state index contributed by atoms with van der Waals surface area (Å²) < 4.78 is 27.7. The maximum atomic E-state index is 12.3. The average Bonchev–Trinajstić information content (AvgIpc) is 3.03. The van der Waals surface area contributed by atoms with E-state index in [1.54, 1.807) is 18.3 Å². The molecule has 1 atom stereocenters. The number of nitrogens with zero attached hydrogens (tertiary/aromatic N) is 2. The minimum absolute atomic E-state index is 0.181. The Morgan fingerprint density at radius 3 is 2.79 bits per heavy atom. The number of thiophene rings is 1. The van der Waals surface area contributed by atoms with Gasteiger partial charge in [-0.3, -0.25) is 4.72 Å². The molecule has 0 bridgehead atoms. The summed E-state index contributed by atoms with van der Waals surface area (Å²) in [5.41, 5.74) is 1.05. The number of pyridine rings is 1. The molecule has 0 amide bonds. The number of nitrogens with one attached hydrogen (secondary N) is 1. The summed E-state index contributed by atoms with van der Waals surface area (Å²) in [5, 5.41) is 0. The van der Waals surface area contributed by atoms with Gasteiger partial charge in [-0.15, -0.1) is 11.3 Å². The fourth-order valence-electron chi connectivity index (χ4n) is 3.01.